The Morgan fingerprint density at radius 2 is 2.67 bits per heavy atom. The van der Waals surface area contributed by atoms with E-state index in [4.69, 9.17) is 9.47 Å². The van der Waals surface area contributed by atoms with Gasteiger partial charge in [0.1, 0.15) is 6.10 Å². The molecule has 0 radical (unpaired) electrons. The summed E-state index contributed by atoms with van der Waals surface area (Å²) in [7, 11) is 1.72. The Balaban J connectivity index is 2.06. The maximum absolute atomic E-state index is 5.25. The van der Waals surface area contributed by atoms with Crippen LogP contribution in [-0.4, -0.2) is 19.3 Å². The number of hydrogen-bond acceptors (Lipinski definition) is 2. The number of allylic oxidation sites excluding steroid dienone is 1. The molecule has 2 unspecified atom stereocenters. The summed E-state index contributed by atoms with van der Waals surface area (Å²) < 4.78 is 10.3. The second-order valence-corrected chi connectivity index (χ2v) is 2.51. The molecule has 0 aromatic heterocycles. The summed E-state index contributed by atoms with van der Waals surface area (Å²) in [6.45, 7) is 0. The highest BCUT2D eigenvalue weighted by Crippen LogP contribution is 2.34. The molecule has 0 aromatic carbocycles. The Bertz CT molecular complexity index is 151. The predicted molar refractivity (Wildman–Crippen MR) is 33.0 cm³/mol. The van der Waals surface area contributed by atoms with E-state index in [0.717, 1.165) is 18.6 Å². The first kappa shape index (κ1) is 5.30. The normalized spacial score (nSPS) is 39.0. The quantitative estimate of drug-likeness (QED) is 0.490. The molecule has 1 aliphatic heterocycles. The summed E-state index contributed by atoms with van der Waals surface area (Å²) in [5.41, 5.74) is 0. The van der Waals surface area contributed by atoms with E-state index in [2.05, 4.69) is 6.08 Å². The third-order valence-electron chi connectivity index (χ3n) is 1.91. The maximum Gasteiger partial charge on any atom is 0.106 e. The molecule has 2 nitrogen and oxygen atoms in total. The largest absolute Gasteiger partial charge is 0.501 e. The Morgan fingerprint density at radius 3 is 3.33 bits per heavy atom. The molecule has 2 heteroatoms. The van der Waals surface area contributed by atoms with Gasteiger partial charge in [0, 0.05) is 6.42 Å². The molecule has 1 heterocycles. The van der Waals surface area contributed by atoms with Crippen molar-refractivity contribution in [1.29, 1.82) is 0 Å². The van der Waals surface area contributed by atoms with Gasteiger partial charge in [-0.25, -0.2) is 0 Å². The summed E-state index contributed by atoms with van der Waals surface area (Å²) in [6, 6.07) is 0. The van der Waals surface area contributed by atoms with Crippen LogP contribution in [0.3, 0.4) is 0 Å². The number of hydrogen-bond donors (Lipinski definition) is 0. The van der Waals surface area contributed by atoms with Crippen LogP contribution in [0, 0.1) is 0 Å². The van der Waals surface area contributed by atoms with Gasteiger partial charge < -0.3 is 9.47 Å². The van der Waals surface area contributed by atoms with Crippen LogP contribution in [0.2, 0.25) is 0 Å². The molecule has 0 spiro atoms. The molecule has 2 atom stereocenters. The molecule has 0 aromatic rings. The fraction of sp³-hybridized carbons (Fsp3) is 0.714. The zero-order valence-electron chi connectivity index (χ0n) is 5.46. The van der Waals surface area contributed by atoms with Crippen molar-refractivity contribution < 1.29 is 9.47 Å². The van der Waals surface area contributed by atoms with Gasteiger partial charge in [-0.05, 0) is 12.5 Å². The van der Waals surface area contributed by atoms with E-state index < -0.39 is 0 Å². The summed E-state index contributed by atoms with van der Waals surface area (Å²) in [5.74, 6) is 1.09. The number of rotatable bonds is 1. The van der Waals surface area contributed by atoms with E-state index in [9.17, 15) is 0 Å². The standard InChI is InChI=1S/C7H10O2/c1-8-5-2-3-6-7(4-5)9-6/h4,6-7H,2-3H2,1H3. The Hall–Kier alpha value is -0.500. The summed E-state index contributed by atoms with van der Waals surface area (Å²) >= 11 is 0. The van der Waals surface area contributed by atoms with E-state index in [1.165, 1.54) is 0 Å². The van der Waals surface area contributed by atoms with Gasteiger partial charge in [-0.3, -0.25) is 0 Å². The van der Waals surface area contributed by atoms with Crippen LogP contribution in [-0.2, 0) is 9.47 Å². The third kappa shape index (κ3) is 0.833. The van der Waals surface area contributed by atoms with Crippen molar-refractivity contribution in [1.82, 2.24) is 0 Å². The van der Waals surface area contributed by atoms with Gasteiger partial charge in [0.05, 0.1) is 19.0 Å². The van der Waals surface area contributed by atoms with Crippen LogP contribution in [0.1, 0.15) is 12.8 Å². The first-order chi connectivity index (χ1) is 4.40. The highest BCUT2D eigenvalue weighted by molar-refractivity contribution is 5.12. The molecule has 1 aliphatic carbocycles. The minimum Gasteiger partial charge on any atom is -0.501 e. The first-order valence-electron chi connectivity index (χ1n) is 3.30. The second-order valence-electron chi connectivity index (χ2n) is 2.51. The van der Waals surface area contributed by atoms with Gasteiger partial charge in [-0.2, -0.15) is 0 Å². The lowest BCUT2D eigenvalue weighted by Crippen LogP contribution is -2.01. The average molecular weight is 126 g/mol. The van der Waals surface area contributed by atoms with E-state index >= 15 is 0 Å². The molecule has 1 fully saturated rings. The van der Waals surface area contributed by atoms with Crippen molar-refractivity contribution >= 4 is 0 Å². The van der Waals surface area contributed by atoms with Crippen LogP contribution < -0.4 is 0 Å². The first-order valence-corrected chi connectivity index (χ1v) is 3.30. The monoisotopic (exact) mass is 126 g/mol. The van der Waals surface area contributed by atoms with Gasteiger partial charge in [0.15, 0.2) is 0 Å². The van der Waals surface area contributed by atoms with Crippen molar-refractivity contribution in [2.45, 2.75) is 25.0 Å². The number of fused-ring (bicyclic) bond motifs is 1. The van der Waals surface area contributed by atoms with E-state index in [1.54, 1.807) is 7.11 Å². The molecule has 1 saturated heterocycles. The van der Waals surface area contributed by atoms with Crippen molar-refractivity contribution in [2.75, 3.05) is 7.11 Å². The maximum atomic E-state index is 5.25. The third-order valence-corrected chi connectivity index (χ3v) is 1.91. The summed E-state index contributed by atoms with van der Waals surface area (Å²) in [5, 5.41) is 0. The number of methoxy groups -OCH3 is 1. The van der Waals surface area contributed by atoms with Gasteiger partial charge in [-0.15, -0.1) is 0 Å². The van der Waals surface area contributed by atoms with Gasteiger partial charge >= 0.3 is 0 Å². The van der Waals surface area contributed by atoms with Crippen molar-refractivity contribution in [3.8, 4) is 0 Å². The van der Waals surface area contributed by atoms with Crippen LogP contribution in [0.15, 0.2) is 11.8 Å². The Kier molecular flexibility index (Phi) is 1.02. The van der Waals surface area contributed by atoms with Crippen molar-refractivity contribution in [3.63, 3.8) is 0 Å². The van der Waals surface area contributed by atoms with E-state index in [1.807, 2.05) is 0 Å². The van der Waals surface area contributed by atoms with Crippen LogP contribution in [0.4, 0.5) is 0 Å². The van der Waals surface area contributed by atoms with Crippen molar-refractivity contribution in [3.05, 3.63) is 11.8 Å². The summed E-state index contributed by atoms with van der Waals surface area (Å²) in [4.78, 5) is 0. The van der Waals surface area contributed by atoms with Crippen LogP contribution in [0.5, 0.6) is 0 Å². The molecule has 2 rings (SSSR count). The van der Waals surface area contributed by atoms with E-state index in [-0.39, 0.29) is 0 Å². The van der Waals surface area contributed by atoms with Crippen LogP contribution >= 0.6 is 0 Å². The van der Waals surface area contributed by atoms with Gasteiger partial charge in [-0.1, -0.05) is 0 Å². The predicted octanol–water partition coefficient (Wildman–Crippen LogP) is 1.08. The topological polar surface area (TPSA) is 21.8 Å². The van der Waals surface area contributed by atoms with Crippen LogP contribution in [0.25, 0.3) is 0 Å². The molecule has 2 aliphatic rings. The molecule has 9 heavy (non-hydrogen) atoms. The highest BCUT2D eigenvalue weighted by atomic mass is 16.6. The van der Waals surface area contributed by atoms with E-state index in [0.29, 0.717) is 12.2 Å². The minimum absolute atomic E-state index is 0.397. The number of epoxide rings is 1. The van der Waals surface area contributed by atoms with Gasteiger partial charge in [0.25, 0.3) is 0 Å². The Labute approximate surface area is 54.5 Å². The van der Waals surface area contributed by atoms with Crippen molar-refractivity contribution in [2.24, 2.45) is 0 Å². The highest BCUT2D eigenvalue weighted by Gasteiger charge is 2.39. The molecular formula is C7H10O2. The zero-order chi connectivity index (χ0) is 6.27. The number of ether oxygens (including phenoxy) is 2. The lowest BCUT2D eigenvalue weighted by Gasteiger charge is -2.06. The fourth-order valence-corrected chi connectivity index (χ4v) is 1.26. The van der Waals surface area contributed by atoms with Gasteiger partial charge in [0.2, 0.25) is 0 Å². The fourth-order valence-electron chi connectivity index (χ4n) is 1.26. The summed E-state index contributed by atoms with van der Waals surface area (Å²) in [6.07, 6.45) is 5.20. The second kappa shape index (κ2) is 1.74. The SMILES string of the molecule is COC1=CC2OC2CC1. The lowest BCUT2D eigenvalue weighted by molar-refractivity contribution is 0.269. The molecule has 0 saturated carbocycles. The molecule has 50 valence electrons. The Morgan fingerprint density at radius 1 is 1.78 bits per heavy atom. The molecule has 0 N–H and O–H groups in total. The zero-order valence-corrected chi connectivity index (χ0v) is 5.46. The average Bonchev–Trinajstić information content (AvgIpc) is 2.64. The lowest BCUT2D eigenvalue weighted by atomic mass is 10.1. The molecule has 0 amide bonds. The molecular weight excluding hydrogens is 116 g/mol. The molecule has 0 bridgehead atoms. The smallest absolute Gasteiger partial charge is 0.106 e. The minimum atomic E-state index is 0.397.